The van der Waals surface area contributed by atoms with E-state index in [4.69, 9.17) is 4.42 Å². The quantitative estimate of drug-likeness (QED) is 0.180. The third kappa shape index (κ3) is 4.81. The van der Waals surface area contributed by atoms with Crippen LogP contribution in [0.15, 0.2) is 168 Å². The van der Waals surface area contributed by atoms with Gasteiger partial charge in [-0.1, -0.05) is 104 Å². The lowest BCUT2D eigenvalue weighted by Crippen LogP contribution is -2.10. The first-order valence-electron chi connectivity index (χ1n) is 17.8. The van der Waals surface area contributed by atoms with E-state index in [9.17, 15) is 0 Å². The first-order valence-corrected chi connectivity index (χ1v) is 17.8. The maximum atomic E-state index is 6.19. The predicted molar refractivity (Wildman–Crippen MR) is 209 cm³/mol. The molecular formula is C47H36N2O. The van der Waals surface area contributed by atoms with Crippen LogP contribution in [0, 0.1) is 0 Å². The average Bonchev–Trinajstić information content (AvgIpc) is 3.93. The number of hydrogen-bond acceptors (Lipinski definition) is 2. The molecule has 0 saturated heterocycles. The van der Waals surface area contributed by atoms with E-state index in [0.29, 0.717) is 5.92 Å². The standard InChI is InChI=1S/C47H36N2O/c1-2-10-32(9-1)33-17-23-36(24-18-33)48(39-29-30-47-43(31-39)42-13-5-8-16-46(42)50-47)37-25-19-34(20-26-37)35-21-27-38(28-22-35)49-44-14-6-3-11-40(44)41-12-4-7-15-45(41)49/h3-8,11-32H,1-2,9-10H2. The van der Waals surface area contributed by atoms with Gasteiger partial charge in [-0.2, -0.15) is 0 Å². The molecule has 1 aliphatic carbocycles. The Morgan fingerprint density at radius 3 is 1.64 bits per heavy atom. The summed E-state index contributed by atoms with van der Waals surface area (Å²) in [4.78, 5) is 2.37. The minimum Gasteiger partial charge on any atom is -0.456 e. The Hall–Kier alpha value is -6.06. The molecule has 2 heterocycles. The molecule has 3 heteroatoms. The van der Waals surface area contributed by atoms with Gasteiger partial charge in [0.1, 0.15) is 11.2 Å². The van der Waals surface area contributed by atoms with Crippen molar-refractivity contribution in [3.63, 3.8) is 0 Å². The Morgan fingerprint density at radius 1 is 0.460 bits per heavy atom. The molecule has 2 aromatic heterocycles. The van der Waals surface area contributed by atoms with Crippen molar-refractivity contribution in [1.82, 2.24) is 4.57 Å². The molecule has 3 nitrogen and oxygen atoms in total. The number of furan rings is 1. The van der Waals surface area contributed by atoms with Gasteiger partial charge in [-0.15, -0.1) is 0 Å². The van der Waals surface area contributed by atoms with Crippen LogP contribution in [0.4, 0.5) is 17.1 Å². The van der Waals surface area contributed by atoms with Crippen molar-refractivity contribution >= 4 is 60.8 Å². The molecule has 7 aromatic carbocycles. The third-order valence-corrected chi connectivity index (χ3v) is 10.8. The molecular weight excluding hydrogens is 609 g/mol. The van der Waals surface area contributed by atoms with Crippen LogP contribution in [0.3, 0.4) is 0 Å². The summed E-state index contributed by atoms with van der Waals surface area (Å²) in [6, 6.07) is 59.4. The van der Waals surface area contributed by atoms with Gasteiger partial charge in [-0.25, -0.2) is 0 Å². The predicted octanol–water partition coefficient (Wildman–Crippen LogP) is 13.5. The average molecular weight is 645 g/mol. The molecule has 1 aliphatic rings. The molecule has 9 aromatic rings. The lowest BCUT2D eigenvalue weighted by Gasteiger charge is -2.26. The monoisotopic (exact) mass is 644 g/mol. The second-order valence-electron chi connectivity index (χ2n) is 13.7. The molecule has 0 atom stereocenters. The van der Waals surface area contributed by atoms with E-state index in [1.807, 2.05) is 12.1 Å². The van der Waals surface area contributed by atoms with E-state index in [1.165, 1.54) is 64.2 Å². The summed E-state index contributed by atoms with van der Waals surface area (Å²) < 4.78 is 8.56. The van der Waals surface area contributed by atoms with Crippen molar-refractivity contribution in [3.8, 4) is 16.8 Å². The van der Waals surface area contributed by atoms with Crippen LogP contribution in [0.1, 0.15) is 37.2 Å². The summed E-state index contributed by atoms with van der Waals surface area (Å²) in [5, 5.41) is 4.83. The fourth-order valence-electron chi connectivity index (χ4n) is 8.26. The summed E-state index contributed by atoms with van der Waals surface area (Å²) in [5.74, 6) is 0.687. The largest absolute Gasteiger partial charge is 0.456 e. The Bertz CT molecular complexity index is 2580. The molecule has 0 radical (unpaired) electrons. The summed E-state index contributed by atoms with van der Waals surface area (Å²) in [6.07, 6.45) is 5.28. The molecule has 0 N–H and O–H groups in total. The molecule has 0 aliphatic heterocycles. The van der Waals surface area contributed by atoms with Crippen molar-refractivity contribution in [2.45, 2.75) is 31.6 Å². The molecule has 0 unspecified atom stereocenters. The van der Waals surface area contributed by atoms with Crippen molar-refractivity contribution < 1.29 is 4.42 Å². The number of para-hydroxylation sites is 3. The van der Waals surface area contributed by atoms with Crippen LogP contribution in [-0.4, -0.2) is 4.57 Å². The van der Waals surface area contributed by atoms with Crippen LogP contribution >= 0.6 is 0 Å². The zero-order valence-electron chi connectivity index (χ0n) is 27.8. The molecule has 0 bridgehead atoms. The van der Waals surface area contributed by atoms with Crippen LogP contribution in [-0.2, 0) is 0 Å². The zero-order valence-corrected chi connectivity index (χ0v) is 27.8. The normalized spacial score (nSPS) is 13.6. The Morgan fingerprint density at radius 2 is 0.980 bits per heavy atom. The summed E-state index contributed by atoms with van der Waals surface area (Å²) in [7, 11) is 0. The Balaban J connectivity index is 1.02. The molecule has 50 heavy (non-hydrogen) atoms. The third-order valence-electron chi connectivity index (χ3n) is 10.8. The summed E-state index contributed by atoms with van der Waals surface area (Å²) >= 11 is 0. The van der Waals surface area contributed by atoms with Gasteiger partial charge < -0.3 is 13.9 Å². The van der Waals surface area contributed by atoms with Gasteiger partial charge in [0, 0.05) is 44.3 Å². The van der Waals surface area contributed by atoms with E-state index >= 15 is 0 Å². The van der Waals surface area contributed by atoms with E-state index in [2.05, 4.69) is 161 Å². The lowest BCUT2D eigenvalue weighted by molar-refractivity contribution is 0.669. The number of anilines is 3. The molecule has 0 amide bonds. The van der Waals surface area contributed by atoms with Gasteiger partial charge in [-0.3, -0.25) is 0 Å². The smallest absolute Gasteiger partial charge is 0.135 e. The number of hydrogen-bond donors (Lipinski definition) is 0. The first kappa shape index (κ1) is 28.9. The van der Waals surface area contributed by atoms with Gasteiger partial charge in [0.2, 0.25) is 0 Å². The number of rotatable bonds is 6. The number of fused-ring (bicyclic) bond motifs is 6. The Kier molecular flexibility index (Phi) is 6.83. The number of benzene rings is 7. The SMILES string of the molecule is c1ccc2c(c1)oc1ccc(N(c3ccc(-c4ccc(-n5c6ccccc6c6ccccc65)cc4)cc3)c3ccc(C4CCCC4)cc3)cc12. The minimum atomic E-state index is 0.687. The van der Waals surface area contributed by atoms with Crippen molar-refractivity contribution in [1.29, 1.82) is 0 Å². The van der Waals surface area contributed by atoms with Crippen molar-refractivity contribution in [3.05, 3.63) is 169 Å². The van der Waals surface area contributed by atoms with Gasteiger partial charge in [0.25, 0.3) is 0 Å². The first-order chi connectivity index (χ1) is 24.8. The van der Waals surface area contributed by atoms with Gasteiger partial charge in [0.05, 0.1) is 11.0 Å². The van der Waals surface area contributed by atoms with Crippen LogP contribution in [0.5, 0.6) is 0 Å². The van der Waals surface area contributed by atoms with Gasteiger partial charge in [0.15, 0.2) is 0 Å². The molecule has 1 fully saturated rings. The topological polar surface area (TPSA) is 21.3 Å². The molecule has 240 valence electrons. The molecule has 10 rings (SSSR count). The summed E-state index contributed by atoms with van der Waals surface area (Å²) in [6.45, 7) is 0. The highest BCUT2D eigenvalue weighted by atomic mass is 16.3. The minimum absolute atomic E-state index is 0.687. The maximum Gasteiger partial charge on any atom is 0.135 e. The van der Waals surface area contributed by atoms with Gasteiger partial charge in [-0.05, 0) is 108 Å². The highest BCUT2D eigenvalue weighted by Gasteiger charge is 2.19. The number of nitrogens with zero attached hydrogens (tertiary/aromatic N) is 2. The Labute approximate surface area is 291 Å². The number of aromatic nitrogens is 1. The highest BCUT2D eigenvalue weighted by Crippen LogP contribution is 2.41. The summed E-state index contributed by atoms with van der Waals surface area (Å²) in [5.41, 5.74) is 12.7. The van der Waals surface area contributed by atoms with E-state index in [-0.39, 0.29) is 0 Å². The van der Waals surface area contributed by atoms with Crippen LogP contribution in [0.2, 0.25) is 0 Å². The van der Waals surface area contributed by atoms with Crippen LogP contribution in [0.25, 0.3) is 60.6 Å². The lowest BCUT2D eigenvalue weighted by atomic mass is 9.97. The van der Waals surface area contributed by atoms with Crippen LogP contribution < -0.4 is 4.90 Å². The zero-order chi connectivity index (χ0) is 33.0. The van der Waals surface area contributed by atoms with Gasteiger partial charge >= 0.3 is 0 Å². The molecule has 0 spiro atoms. The highest BCUT2D eigenvalue weighted by molar-refractivity contribution is 6.09. The fourth-order valence-corrected chi connectivity index (χ4v) is 8.26. The molecule has 1 saturated carbocycles. The maximum absolute atomic E-state index is 6.19. The second-order valence-corrected chi connectivity index (χ2v) is 13.7. The fraction of sp³-hybridized carbons (Fsp3) is 0.106. The van der Waals surface area contributed by atoms with E-state index in [1.54, 1.807) is 0 Å². The van der Waals surface area contributed by atoms with Crippen molar-refractivity contribution in [2.75, 3.05) is 4.90 Å². The van der Waals surface area contributed by atoms with Crippen molar-refractivity contribution in [2.24, 2.45) is 0 Å². The second kappa shape index (κ2) is 11.8. The van der Waals surface area contributed by atoms with E-state index < -0.39 is 0 Å². The van der Waals surface area contributed by atoms with E-state index in [0.717, 1.165) is 44.7 Å².